The van der Waals surface area contributed by atoms with Crippen LogP contribution in [-0.2, 0) is 6.42 Å². The second-order valence-electron chi connectivity index (χ2n) is 6.10. The molecular weight excluding hydrogens is 264 g/mol. The number of hydrogen-bond donors (Lipinski definition) is 1. The molecule has 3 rings (SSSR count). The number of benzene rings is 1. The Balaban J connectivity index is 1.59. The molecule has 0 saturated carbocycles. The van der Waals surface area contributed by atoms with Crippen molar-refractivity contribution < 1.29 is 4.79 Å². The van der Waals surface area contributed by atoms with Crippen molar-refractivity contribution in [2.24, 2.45) is 0 Å². The van der Waals surface area contributed by atoms with Gasteiger partial charge >= 0.3 is 0 Å². The zero-order chi connectivity index (χ0) is 14.8. The Labute approximate surface area is 126 Å². The van der Waals surface area contributed by atoms with Gasteiger partial charge in [0.1, 0.15) is 0 Å². The number of nitrogens with zero attached hydrogens (tertiary/aromatic N) is 3. The summed E-state index contributed by atoms with van der Waals surface area (Å²) in [5.74, 6) is 0.137. The van der Waals surface area contributed by atoms with E-state index >= 15 is 0 Å². The van der Waals surface area contributed by atoms with Crippen LogP contribution in [0, 0.1) is 0 Å². The van der Waals surface area contributed by atoms with Crippen LogP contribution >= 0.6 is 0 Å². The van der Waals surface area contributed by atoms with Crippen molar-refractivity contribution in [3.05, 3.63) is 29.3 Å². The first kappa shape index (κ1) is 14.4. The third-order valence-corrected chi connectivity index (χ3v) is 4.58. The summed E-state index contributed by atoms with van der Waals surface area (Å²) in [4.78, 5) is 19.3. The molecular formula is C16H24N4O. The van der Waals surface area contributed by atoms with Crippen molar-refractivity contribution in [2.75, 3.05) is 58.6 Å². The van der Waals surface area contributed by atoms with Crippen LogP contribution in [-0.4, -0.2) is 73.5 Å². The van der Waals surface area contributed by atoms with Crippen LogP contribution < -0.4 is 5.73 Å². The molecule has 0 aromatic heterocycles. The molecule has 0 unspecified atom stereocenters. The summed E-state index contributed by atoms with van der Waals surface area (Å²) in [7, 11) is 2.16. The van der Waals surface area contributed by atoms with E-state index < -0.39 is 0 Å². The van der Waals surface area contributed by atoms with Gasteiger partial charge in [-0.15, -0.1) is 0 Å². The number of piperazine rings is 1. The van der Waals surface area contributed by atoms with Crippen molar-refractivity contribution >= 4 is 11.6 Å². The van der Waals surface area contributed by atoms with E-state index in [2.05, 4.69) is 16.8 Å². The Morgan fingerprint density at radius 1 is 1.10 bits per heavy atom. The number of rotatable bonds is 3. The maximum absolute atomic E-state index is 12.5. The van der Waals surface area contributed by atoms with Gasteiger partial charge in [-0.2, -0.15) is 0 Å². The van der Waals surface area contributed by atoms with Gasteiger partial charge in [0.15, 0.2) is 0 Å². The first-order chi connectivity index (χ1) is 10.1. The molecule has 114 valence electrons. The monoisotopic (exact) mass is 288 g/mol. The molecule has 2 aliphatic rings. The topological polar surface area (TPSA) is 52.8 Å². The normalized spacial score (nSPS) is 20.6. The Kier molecular flexibility index (Phi) is 4.12. The molecule has 1 fully saturated rings. The summed E-state index contributed by atoms with van der Waals surface area (Å²) in [5.41, 5.74) is 8.40. The van der Waals surface area contributed by atoms with Crippen LogP contribution in [0.2, 0.25) is 0 Å². The van der Waals surface area contributed by atoms with Crippen LogP contribution in [0.25, 0.3) is 0 Å². The van der Waals surface area contributed by atoms with Crippen LogP contribution in [0.5, 0.6) is 0 Å². The van der Waals surface area contributed by atoms with Crippen LogP contribution in [0.15, 0.2) is 18.2 Å². The molecule has 5 heteroatoms. The van der Waals surface area contributed by atoms with E-state index in [1.165, 1.54) is 0 Å². The second-order valence-corrected chi connectivity index (χ2v) is 6.10. The number of fused-ring (bicyclic) bond motifs is 1. The largest absolute Gasteiger partial charge is 0.399 e. The number of carbonyl (C=O) groups excluding carboxylic acids is 1. The highest BCUT2D eigenvalue weighted by molar-refractivity contribution is 5.97. The van der Waals surface area contributed by atoms with Crippen LogP contribution in [0.1, 0.15) is 15.9 Å². The summed E-state index contributed by atoms with van der Waals surface area (Å²) < 4.78 is 0. The van der Waals surface area contributed by atoms with E-state index in [1.807, 2.05) is 23.1 Å². The smallest absolute Gasteiger partial charge is 0.254 e. The fraction of sp³-hybridized carbons (Fsp3) is 0.562. The van der Waals surface area contributed by atoms with E-state index in [4.69, 9.17) is 5.73 Å². The molecule has 5 nitrogen and oxygen atoms in total. The SMILES string of the molecule is CN1CCN(CCN2CCc3ccc(N)cc3C2=O)CC1. The van der Waals surface area contributed by atoms with Crippen molar-refractivity contribution in [3.8, 4) is 0 Å². The lowest BCUT2D eigenvalue weighted by Crippen LogP contribution is -2.48. The summed E-state index contributed by atoms with van der Waals surface area (Å²) in [6.45, 7) is 7.04. The standard InChI is InChI=1S/C16H24N4O/c1-18-6-8-19(9-7-18)10-11-20-5-4-13-2-3-14(17)12-15(13)16(20)21/h2-3,12H,4-11,17H2,1H3. The first-order valence-electron chi connectivity index (χ1n) is 7.72. The minimum absolute atomic E-state index is 0.137. The van der Waals surface area contributed by atoms with Gasteiger partial charge in [0.2, 0.25) is 0 Å². The average Bonchev–Trinajstić information content (AvgIpc) is 2.49. The highest BCUT2D eigenvalue weighted by Gasteiger charge is 2.25. The number of nitrogen functional groups attached to an aromatic ring is 1. The number of likely N-dealkylation sites (N-methyl/N-ethyl adjacent to an activating group) is 1. The fourth-order valence-corrected chi connectivity index (χ4v) is 3.09. The Morgan fingerprint density at radius 3 is 2.62 bits per heavy atom. The maximum atomic E-state index is 12.5. The quantitative estimate of drug-likeness (QED) is 0.824. The number of amides is 1. The van der Waals surface area contributed by atoms with E-state index in [0.29, 0.717) is 5.69 Å². The molecule has 1 aromatic carbocycles. The van der Waals surface area contributed by atoms with Gasteiger partial charge in [-0.25, -0.2) is 0 Å². The molecule has 0 spiro atoms. The molecule has 2 heterocycles. The third kappa shape index (κ3) is 3.19. The van der Waals surface area contributed by atoms with Crippen LogP contribution in [0.4, 0.5) is 5.69 Å². The molecule has 2 aliphatic heterocycles. The molecule has 2 N–H and O–H groups in total. The van der Waals surface area contributed by atoms with Crippen molar-refractivity contribution in [2.45, 2.75) is 6.42 Å². The van der Waals surface area contributed by atoms with Crippen LogP contribution in [0.3, 0.4) is 0 Å². The van der Waals surface area contributed by atoms with Gasteiger partial charge in [0, 0.05) is 57.1 Å². The molecule has 0 aliphatic carbocycles. The number of hydrogen-bond acceptors (Lipinski definition) is 4. The summed E-state index contributed by atoms with van der Waals surface area (Å²) >= 11 is 0. The molecule has 0 atom stereocenters. The van der Waals surface area contributed by atoms with E-state index in [-0.39, 0.29) is 5.91 Å². The summed E-state index contributed by atoms with van der Waals surface area (Å²) in [5, 5.41) is 0. The van der Waals surface area contributed by atoms with E-state index in [9.17, 15) is 4.79 Å². The van der Waals surface area contributed by atoms with Crippen molar-refractivity contribution in [1.82, 2.24) is 14.7 Å². The molecule has 0 bridgehead atoms. The fourth-order valence-electron chi connectivity index (χ4n) is 3.09. The third-order valence-electron chi connectivity index (χ3n) is 4.58. The van der Waals surface area contributed by atoms with Gasteiger partial charge in [-0.3, -0.25) is 9.69 Å². The van der Waals surface area contributed by atoms with Gasteiger partial charge in [0.05, 0.1) is 0 Å². The lowest BCUT2D eigenvalue weighted by molar-refractivity contribution is 0.0699. The predicted octanol–water partition coefficient (Wildman–Crippen LogP) is 0.515. The lowest BCUT2D eigenvalue weighted by Gasteiger charge is -2.35. The van der Waals surface area contributed by atoms with Gasteiger partial charge in [-0.05, 0) is 31.2 Å². The lowest BCUT2D eigenvalue weighted by atomic mass is 9.98. The zero-order valence-corrected chi connectivity index (χ0v) is 12.7. The van der Waals surface area contributed by atoms with Crippen molar-refractivity contribution in [1.29, 1.82) is 0 Å². The highest BCUT2D eigenvalue weighted by atomic mass is 16.2. The van der Waals surface area contributed by atoms with E-state index in [1.54, 1.807) is 0 Å². The first-order valence-corrected chi connectivity index (χ1v) is 7.72. The van der Waals surface area contributed by atoms with Gasteiger partial charge < -0.3 is 15.5 Å². The van der Waals surface area contributed by atoms with Crippen molar-refractivity contribution in [3.63, 3.8) is 0 Å². The summed E-state index contributed by atoms with van der Waals surface area (Å²) in [6.07, 6.45) is 0.935. The predicted molar refractivity (Wildman–Crippen MR) is 84.4 cm³/mol. The Hall–Kier alpha value is -1.59. The molecule has 1 amide bonds. The Morgan fingerprint density at radius 2 is 1.86 bits per heavy atom. The second kappa shape index (κ2) is 6.03. The minimum Gasteiger partial charge on any atom is -0.399 e. The molecule has 0 radical (unpaired) electrons. The minimum atomic E-state index is 0.137. The number of anilines is 1. The van der Waals surface area contributed by atoms with Gasteiger partial charge in [0.25, 0.3) is 5.91 Å². The van der Waals surface area contributed by atoms with E-state index in [0.717, 1.165) is 63.4 Å². The molecule has 21 heavy (non-hydrogen) atoms. The highest BCUT2D eigenvalue weighted by Crippen LogP contribution is 2.21. The molecule has 1 aromatic rings. The number of carbonyl (C=O) groups is 1. The maximum Gasteiger partial charge on any atom is 0.254 e. The van der Waals surface area contributed by atoms with Gasteiger partial charge in [-0.1, -0.05) is 6.07 Å². The molecule has 1 saturated heterocycles. The average molecular weight is 288 g/mol. The Bertz CT molecular complexity index is 523. The summed E-state index contributed by atoms with van der Waals surface area (Å²) in [6, 6.07) is 5.69. The zero-order valence-electron chi connectivity index (χ0n) is 12.7. The number of nitrogens with two attached hydrogens (primary N) is 1.